The van der Waals surface area contributed by atoms with Gasteiger partial charge in [0.15, 0.2) is 0 Å². The maximum absolute atomic E-state index is 14.1. The van der Waals surface area contributed by atoms with Gasteiger partial charge in [0.25, 0.3) is 0 Å². The fourth-order valence-corrected chi connectivity index (χ4v) is 2.98. The Kier molecular flexibility index (Phi) is 9.16. The molecule has 4 nitrogen and oxygen atoms in total. The van der Waals surface area contributed by atoms with Crippen LogP contribution in [0.25, 0.3) is 0 Å². The van der Waals surface area contributed by atoms with Gasteiger partial charge in [-0.15, -0.1) is 0 Å². The standard InChI is InChI=1S/C17H14BrFN2O.C2H6.CH4O/c1-11(22)21-17(12-5-3-2-4-6-12)10-16(20-21)14-9-13(18)7-8-15(14)19;2*1-2/h2-9,17H,10H2,1H3;1-2H3;2H,1H3/t17-;;/m0../s1. The van der Waals surface area contributed by atoms with Gasteiger partial charge in [0.2, 0.25) is 5.91 Å². The lowest BCUT2D eigenvalue weighted by atomic mass is 9.98. The lowest BCUT2D eigenvalue weighted by Crippen LogP contribution is -2.24. The van der Waals surface area contributed by atoms with Crippen LogP contribution in [0.3, 0.4) is 0 Å². The van der Waals surface area contributed by atoms with Crippen molar-refractivity contribution in [3.63, 3.8) is 0 Å². The Morgan fingerprint density at radius 3 is 2.38 bits per heavy atom. The van der Waals surface area contributed by atoms with Crippen LogP contribution < -0.4 is 0 Å². The molecule has 6 heteroatoms. The lowest BCUT2D eigenvalue weighted by Gasteiger charge is -2.20. The summed E-state index contributed by atoms with van der Waals surface area (Å²) < 4.78 is 14.9. The minimum absolute atomic E-state index is 0.153. The summed E-state index contributed by atoms with van der Waals surface area (Å²) in [6.45, 7) is 5.47. The topological polar surface area (TPSA) is 52.9 Å². The summed E-state index contributed by atoms with van der Waals surface area (Å²) in [5.41, 5.74) is 2.01. The molecule has 2 aromatic carbocycles. The van der Waals surface area contributed by atoms with E-state index < -0.39 is 0 Å². The minimum atomic E-state index is -0.334. The first-order valence-corrected chi connectivity index (χ1v) is 9.18. The largest absolute Gasteiger partial charge is 0.400 e. The number of nitrogens with zero attached hydrogens (tertiary/aromatic N) is 2. The van der Waals surface area contributed by atoms with Crippen molar-refractivity contribution in [1.29, 1.82) is 0 Å². The normalized spacial score (nSPS) is 15.3. The number of benzene rings is 2. The van der Waals surface area contributed by atoms with E-state index >= 15 is 0 Å². The quantitative estimate of drug-likeness (QED) is 0.746. The van der Waals surface area contributed by atoms with Crippen molar-refractivity contribution >= 4 is 27.5 Å². The number of hydrogen-bond acceptors (Lipinski definition) is 3. The minimum Gasteiger partial charge on any atom is -0.400 e. The summed E-state index contributed by atoms with van der Waals surface area (Å²) >= 11 is 3.35. The van der Waals surface area contributed by atoms with Crippen molar-refractivity contribution in [2.24, 2.45) is 5.10 Å². The Hall–Kier alpha value is -2.05. The maximum atomic E-state index is 14.1. The summed E-state index contributed by atoms with van der Waals surface area (Å²) in [6.07, 6.45) is 0.497. The van der Waals surface area contributed by atoms with Gasteiger partial charge in [0.1, 0.15) is 5.82 Å². The van der Waals surface area contributed by atoms with Crippen molar-refractivity contribution in [3.8, 4) is 0 Å². The van der Waals surface area contributed by atoms with Crippen LogP contribution in [0.4, 0.5) is 4.39 Å². The highest BCUT2D eigenvalue weighted by molar-refractivity contribution is 9.10. The molecule has 0 spiro atoms. The van der Waals surface area contributed by atoms with Crippen LogP contribution in [-0.2, 0) is 4.79 Å². The first kappa shape index (κ1) is 22.0. The van der Waals surface area contributed by atoms with E-state index in [0.29, 0.717) is 17.7 Å². The second-order valence-electron chi connectivity index (χ2n) is 5.17. The lowest BCUT2D eigenvalue weighted by molar-refractivity contribution is -0.130. The molecule has 3 rings (SSSR count). The predicted octanol–water partition coefficient (Wildman–Crippen LogP) is 4.92. The van der Waals surface area contributed by atoms with Crippen molar-refractivity contribution < 1.29 is 14.3 Å². The van der Waals surface area contributed by atoms with E-state index in [1.54, 1.807) is 12.1 Å². The van der Waals surface area contributed by atoms with E-state index in [9.17, 15) is 9.18 Å². The van der Waals surface area contributed by atoms with Gasteiger partial charge in [0.05, 0.1) is 11.8 Å². The zero-order valence-electron chi connectivity index (χ0n) is 15.4. The van der Waals surface area contributed by atoms with E-state index in [4.69, 9.17) is 5.11 Å². The molecule has 0 saturated heterocycles. The van der Waals surface area contributed by atoms with Gasteiger partial charge in [-0.3, -0.25) is 4.79 Å². The van der Waals surface area contributed by atoms with E-state index in [2.05, 4.69) is 21.0 Å². The van der Waals surface area contributed by atoms with Gasteiger partial charge in [0, 0.05) is 30.5 Å². The van der Waals surface area contributed by atoms with Gasteiger partial charge >= 0.3 is 0 Å². The Morgan fingerprint density at radius 2 is 1.81 bits per heavy atom. The first-order chi connectivity index (χ1) is 12.6. The number of carbonyl (C=O) groups is 1. The fraction of sp³-hybridized carbons (Fsp3) is 0.300. The monoisotopic (exact) mass is 422 g/mol. The molecule has 140 valence electrons. The molecule has 0 aliphatic carbocycles. The summed E-state index contributed by atoms with van der Waals surface area (Å²) in [5, 5.41) is 12.8. The molecule has 0 aromatic heterocycles. The Bertz CT molecular complexity index is 751. The van der Waals surface area contributed by atoms with E-state index in [1.807, 2.05) is 44.2 Å². The van der Waals surface area contributed by atoms with Crippen molar-refractivity contribution in [2.75, 3.05) is 7.11 Å². The Balaban J connectivity index is 0.000000791. The molecule has 1 aliphatic heterocycles. The third kappa shape index (κ3) is 5.22. The van der Waals surface area contributed by atoms with Crippen LogP contribution in [0.2, 0.25) is 0 Å². The van der Waals surface area contributed by atoms with Crippen LogP contribution in [0.5, 0.6) is 0 Å². The molecule has 0 saturated carbocycles. The molecule has 0 bridgehead atoms. The van der Waals surface area contributed by atoms with Gasteiger partial charge in [-0.05, 0) is 23.8 Å². The number of hydrogen-bond donors (Lipinski definition) is 1. The van der Waals surface area contributed by atoms with E-state index in [0.717, 1.165) is 17.1 Å². The molecular weight excluding hydrogens is 399 g/mol. The second kappa shape index (κ2) is 10.8. The third-order valence-corrected chi connectivity index (χ3v) is 4.15. The molecule has 1 amide bonds. The molecule has 0 unspecified atom stereocenters. The van der Waals surface area contributed by atoms with Crippen LogP contribution in [0.1, 0.15) is 44.4 Å². The molecule has 0 radical (unpaired) electrons. The Morgan fingerprint density at radius 1 is 1.19 bits per heavy atom. The van der Waals surface area contributed by atoms with Gasteiger partial charge in [-0.25, -0.2) is 9.40 Å². The summed E-state index contributed by atoms with van der Waals surface area (Å²) in [7, 11) is 1.00. The van der Waals surface area contributed by atoms with Gasteiger partial charge < -0.3 is 5.11 Å². The summed E-state index contributed by atoms with van der Waals surface area (Å²) in [5.74, 6) is -0.488. The number of hydrazone groups is 1. The Labute approximate surface area is 162 Å². The molecule has 2 aromatic rings. The molecule has 1 atom stereocenters. The molecule has 26 heavy (non-hydrogen) atoms. The fourth-order valence-electron chi connectivity index (χ4n) is 2.62. The number of rotatable bonds is 2. The molecule has 0 fully saturated rings. The highest BCUT2D eigenvalue weighted by Gasteiger charge is 2.32. The second-order valence-corrected chi connectivity index (χ2v) is 6.08. The number of carbonyl (C=O) groups excluding carboxylic acids is 1. The SMILES string of the molecule is CC.CC(=O)N1N=C(c2cc(Br)ccc2F)C[C@H]1c1ccccc1.CO. The zero-order valence-corrected chi connectivity index (χ0v) is 17.0. The maximum Gasteiger partial charge on any atom is 0.240 e. The molecule has 1 heterocycles. The van der Waals surface area contributed by atoms with Crippen LogP contribution in [-0.4, -0.2) is 28.8 Å². The number of aliphatic hydroxyl groups excluding tert-OH is 1. The van der Waals surface area contributed by atoms with Crippen LogP contribution >= 0.6 is 15.9 Å². The van der Waals surface area contributed by atoms with Crippen LogP contribution in [0, 0.1) is 5.82 Å². The highest BCUT2D eigenvalue weighted by atomic mass is 79.9. The molecule has 1 N–H and O–H groups in total. The smallest absolute Gasteiger partial charge is 0.240 e. The summed E-state index contributed by atoms with van der Waals surface area (Å²) in [4.78, 5) is 11.9. The van der Waals surface area contributed by atoms with Crippen LogP contribution in [0.15, 0.2) is 58.1 Å². The predicted molar refractivity (Wildman–Crippen MR) is 106 cm³/mol. The van der Waals surface area contributed by atoms with Gasteiger partial charge in [-0.1, -0.05) is 60.1 Å². The summed E-state index contributed by atoms with van der Waals surface area (Å²) in [6, 6.07) is 14.2. The number of amides is 1. The van der Waals surface area contributed by atoms with Crippen molar-refractivity contribution in [1.82, 2.24) is 5.01 Å². The number of halogens is 2. The van der Waals surface area contributed by atoms with E-state index in [-0.39, 0.29) is 17.8 Å². The molecular formula is C20H24BrFN2O2. The first-order valence-electron chi connectivity index (χ1n) is 8.38. The van der Waals surface area contributed by atoms with Gasteiger partial charge in [-0.2, -0.15) is 5.10 Å². The average Bonchev–Trinajstić information content (AvgIpc) is 3.13. The average molecular weight is 423 g/mol. The van der Waals surface area contributed by atoms with Crippen molar-refractivity contribution in [2.45, 2.75) is 33.2 Å². The molecule has 1 aliphatic rings. The highest BCUT2D eigenvalue weighted by Crippen LogP contribution is 2.33. The van der Waals surface area contributed by atoms with E-state index in [1.165, 1.54) is 18.0 Å². The third-order valence-electron chi connectivity index (χ3n) is 3.66. The van der Waals surface area contributed by atoms with Crippen molar-refractivity contribution in [3.05, 3.63) is 69.9 Å². The zero-order chi connectivity index (χ0) is 19.7. The number of aliphatic hydroxyl groups is 1.